The van der Waals surface area contributed by atoms with Crippen LogP contribution in [0, 0.1) is 0 Å². The zero-order chi connectivity index (χ0) is 23.2. The number of methoxy groups -OCH3 is 1. The fourth-order valence-electron chi connectivity index (χ4n) is 2.90. The van der Waals surface area contributed by atoms with Crippen molar-refractivity contribution in [3.63, 3.8) is 0 Å². The predicted octanol–water partition coefficient (Wildman–Crippen LogP) is 3.06. The summed E-state index contributed by atoms with van der Waals surface area (Å²) in [7, 11) is -2.51. The topological polar surface area (TPSA) is 105 Å². The van der Waals surface area contributed by atoms with Gasteiger partial charge < -0.3 is 15.4 Å². The number of carbonyl (C=O) groups excluding carboxylic acids is 2. The first-order valence-corrected chi connectivity index (χ1v) is 11.4. The molecule has 0 fully saturated rings. The Bertz CT molecular complexity index is 1090. The molecule has 10 heteroatoms. The molecule has 2 amide bonds. The molecule has 2 aromatic rings. The van der Waals surface area contributed by atoms with Crippen LogP contribution < -0.4 is 19.7 Å². The molecule has 2 aromatic carbocycles. The van der Waals surface area contributed by atoms with E-state index in [0.717, 1.165) is 10.6 Å². The molecule has 0 radical (unpaired) electrons. The Labute approximate surface area is 186 Å². The number of amides is 2. The molecule has 0 heterocycles. The Kier molecular flexibility index (Phi) is 8.07. The molecular formula is C21H24ClN3O5S. The van der Waals surface area contributed by atoms with Crippen LogP contribution in [-0.4, -0.2) is 46.2 Å². The van der Waals surface area contributed by atoms with E-state index in [1.165, 1.54) is 32.2 Å². The van der Waals surface area contributed by atoms with Crippen molar-refractivity contribution in [2.75, 3.05) is 29.5 Å². The minimum absolute atomic E-state index is 0.122. The van der Waals surface area contributed by atoms with Crippen molar-refractivity contribution in [3.05, 3.63) is 65.7 Å². The van der Waals surface area contributed by atoms with Crippen molar-refractivity contribution in [2.45, 2.75) is 13.0 Å². The van der Waals surface area contributed by atoms with Crippen LogP contribution in [0.3, 0.4) is 0 Å². The van der Waals surface area contributed by atoms with Crippen molar-refractivity contribution in [1.82, 2.24) is 5.32 Å². The molecule has 0 unspecified atom stereocenters. The third-order valence-corrected chi connectivity index (χ3v) is 5.77. The van der Waals surface area contributed by atoms with Gasteiger partial charge in [-0.3, -0.25) is 13.9 Å². The van der Waals surface area contributed by atoms with Gasteiger partial charge >= 0.3 is 0 Å². The van der Waals surface area contributed by atoms with Crippen molar-refractivity contribution in [2.24, 2.45) is 0 Å². The maximum atomic E-state index is 13.0. The molecule has 31 heavy (non-hydrogen) atoms. The minimum atomic E-state index is -3.90. The van der Waals surface area contributed by atoms with E-state index in [9.17, 15) is 18.0 Å². The number of hydrogen-bond donors (Lipinski definition) is 2. The van der Waals surface area contributed by atoms with Crippen LogP contribution in [-0.2, 0) is 14.8 Å². The SMILES string of the molecule is C=CCNC(=O)c1ccccc1NC(=O)[C@H](C)N(c1cc(Cl)ccc1OC)S(C)(=O)=O. The second-order valence-corrected chi connectivity index (χ2v) is 8.88. The monoisotopic (exact) mass is 465 g/mol. The number of anilines is 2. The number of para-hydroxylation sites is 1. The van der Waals surface area contributed by atoms with Crippen molar-refractivity contribution < 1.29 is 22.7 Å². The minimum Gasteiger partial charge on any atom is -0.495 e. The lowest BCUT2D eigenvalue weighted by Crippen LogP contribution is -2.45. The maximum Gasteiger partial charge on any atom is 0.253 e. The Hall–Kier alpha value is -3.04. The third-order valence-electron chi connectivity index (χ3n) is 4.30. The molecule has 0 aromatic heterocycles. The lowest BCUT2D eigenvalue weighted by atomic mass is 10.1. The summed E-state index contributed by atoms with van der Waals surface area (Å²) in [6.45, 7) is 5.23. The first-order chi connectivity index (χ1) is 14.6. The zero-order valence-electron chi connectivity index (χ0n) is 17.4. The molecule has 0 spiro atoms. The Morgan fingerprint density at radius 3 is 2.55 bits per heavy atom. The van der Waals surface area contributed by atoms with Crippen LogP contribution in [0.4, 0.5) is 11.4 Å². The van der Waals surface area contributed by atoms with Crippen LogP contribution in [0.1, 0.15) is 17.3 Å². The number of nitrogens with zero attached hydrogens (tertiary/aromatic N) is 1. The highest BCUT2D eigenvalue weighted by atomic mass is 35.5. The van der Waals surface area contributed by atoms with E-state index in [1.807, 2.05) is 0 Å². The lowest BCUT2D eigenvalue weighted by molar-refractivity contribution is -0.116. The summed E-state index contributed by atoms with van der Waals surface area (Å²) >= 11 is 6.05. The molecule has 0 aliphatic heterocycles. The quantitative estimate of drug-likeness (QED) is 0.554. The standard InChI is InChI=1S/C21H24ClN3O5S/c1-5-12-23-21(27)16-8-6-7-9-17(16)24-20(26)14(2)25(31(4,28)29)18-13-15(22)10-11-19(18)30-3/h5-11,13-14H,1,12H2,2-4H3,(H,23,27)(H,24,26)/t14-/m0/s1. The fraction of sp³-hybridized carbons (Fsp3) is 0.238. The number of hydrogen-bond acceptors (Lipinski definition) is 5. The van der Waals surface area contributed by atoms with Gasteiger partial charge in [-0.15, -0.1) is 6.58 Å². The number of benzene rings is 2. The number of ether oxygens (including phenoxy) is 1. The summed E-state index contributed by atoms with van der Waals surface area (Å²) in [6, 6.07) is 9.70. The van der Waals surface area contributed by atoms with Gasteiger partial charge in [-0.1, -0.05) is 29.8 Å². The van der Waals surface area contributed by atoms with E-state index >= 15 is 0 Å². The van der Waals surface area contributed by atoms with E-state index in [-0.39, 0.29) is 34.3 Å². The maximum absolute atomic E-state index is 13.0. The number of nitrogens with one attached hydrogen (secondary N) is 2. The summed E-state index contributed by atoms with van der Waals surface area (Å²) < 4.78 is 31.3. The third kappa shape index (κ3) is 5.99. The van der Waals surface area contributed by atoms with Gasteiger partial charge in [0.1, 0.15) is 11.8 Å². The molecular weight excluding hydrogens is 442 g/mol. The molecule has 1 atom stereocenters. The van der Waals surface area contributed by atoms with Gasteiger partial charge in [0.2, 0.25) is 15.9 Å². The molecule has 8 nitrogen and oxygen atoms in total. The Balaban J connectivity index is 2.40. The molecule has 166 valence electrons. The molecule has 0 aliphatic rings. The van der Waals surface area contributed by atoms with E-state index in [2.05, 4.69) is 17.2 Å². The van der Waals surface area contributed by atoms with Gasteiger partial charge in [0.05, 0.1) is 30.3 Å². The second-order valence-electron chi connectivity index (χ2n) is 6.58. The largest absolute Gasteiger partial charge is 0.495 e. The average Bonchev–Trinajstić information content (AvgIpc) is 2.71. The second kappa shape index (κ2) is 10.3. The molecule has 0 bridgehead atoms. The van der Waals surface area contributed by atoms with E-state index in [4.69, 9.17) is 16.3 Å². The highest BCUT2D eigenvalue weighted by Crippen LogP contribution is 2.34. The van der Waals surface area contributed by atoms with Gasteiger partial charge in [-0.05, 0) is 37.3 Å². The lowest BCUT2D eigenvalue weighted by Gasteiger charge is -2.29. The van der Waals surface area contributed by atoms with Crippen molar-refractivity contribution in [1.29, 1.82) is 0 Å². The van der Waals surface area contributed by atoms with Crippen molar-refractivity contribution >= 4 is 44.8 Å². The smallest absolute Gasteiger partial charge is 0.253 e. The fourth-order valence-corrected chi connectivity index (χ4v) is 4.24. The zero-order valence-corrected chi connectivity index (χ0v) is 19.0. The van der Waals surface area contributed by atoms with Gasteiger partial charge in [0, 0.05) is 11.6 Å². The van der Waals surface area contributed by atoms with Crippen molar-refractivity contribution in [3.8, 4) is 5.75 Å². The number of rotatable bonds is 9. The summed E-state index contributed by atoms with van der Waals surface area (Å²) in [5, 5.41) is 5.56. The average molecular weight is 466 g/mol. The first-order valence-electron chi connectivity index (χ1n) is 9.22. The Morgan fingerprint density at radius 2 is 1.94 bits per heavy atom. The predicted molar refractivity (Wildman–Crippen MR) is 122 cm³/mol. The summed E-state index contributed by atoms with van der Waals surface area (Å²) in [6.07, 6.45) is 2.51. The van der Waals surface area contributed by atoms with Gasteiger partial charge in [0.25, 0.3) is 5.91 Å². The van der Waals surface area contributed by atoms with E-state index in [0.29, 0.717) is 0 Å². The molecule has 0 saturated carbocycles. The van der Waals surface area contributed by atoms with Gasteiger partial charge in [0.15, 0.2) is 0 Å². The van der Waals surface area contributed by atoms with Crippen LogP contribution in [0.15, 0.2) is 55.1 Å². The van der Waals surface area contributed by atoms with Gasteiger partial charge in [-0.25, -0.2) is 8.42 Å². The molecule has 2 rings (SSSR count). The highest BCUT2D eigenvalue weighted by molar-refractivity contribution is 7.92. The van der Waals surface area contributed by atoms with E-state index in [1.54, 1.807) is 30.3 Å². The van der Waals surface area contributed by atoms with Gasteiger partial charge in [-0.2, -0.15) is 0 Å². The Morgan fingerprint density at radius 1 is 1.26 bits per heavy atom. The molecule has 0 saturated heterocycles. The summed E-state index contributed by atoms with van der Waals surface area (Å²) in [5.41, 5.74) is 0.598. The van der Waals surface area contributed by atoms with Crippen LogP contribution in [0.25, 0.3) is 0 Å². The summed E-state index contributed by atoms with van der Waals surface area (Å²) in [4.78, 5) is 25.4. The molecule has 0 aliphatic carbocycles. The molecule has 2 N–H and O–H groups in total. The van der Waals surface area contributed by atoms with Crippen LogP contribution >= 0.6 is 11.6 Å². The number of halogens is 1. The first kappa shape index (κ1) is 24.2. The van der Waals surface area contributed by atoms with Crippen LogP contribution in [0.2, 0.25) is 5.02 Å². The van der Waals surface area contributed by atoms with E-state index < -0.39 is 27.9 Å². The number of sulfonamides is 1. The highest BCUT2D eigenvalue weighted by Gasteiger charge is 2.32. The number of carbonyl (C=O) groups is 2. The summed E-state index contributed by atoms with van der Waals surface area (Å²) in [5.74, 6) is -0.810. The normalized spacial score (nSPS) is 11.9. The van der Waals surface area contributed by atoms with Crippen LogP contribution in [0.5, 0.6) is 5.75 Å².